The summed E-state index contributed by atoms with van der Waals surface area (Å²) in [6.45, 7) is 3.81. The van der Waals surface area contributed by atoms with Crippen molar-refractivity contribution in [1.29, 1.82) is 0 Å². The van der Waals surface area contributed by atoms with Gasteiger partial charge in [0.2, 0.25) is 15.9 Å². The summed E-state index contributed by atoms with van der Waals surface area (Å²) in [5.41, 5.74) is 3.57. The molecule has 0 aliphatic rings. The molecule has 10 heteroatoms. The first-order valence-electron chi connectivity index (χ1n) is 9.01. The number of hydrazone groups is 1. The smallest absolute Gasteiger partial charge is 0.271 e. The van der Waals surface area contributed by atoms with Crippen molar-refractivity contribution in [3.05, 3.63) is 59.9 Å². The molecule has 2 amide bonds. The molecule has 2 N–H and O–H groups in total. The minimum absolute atomic E-state index is 0.152. The van der Waals surface area contributed by atoms with E-state index in [4.69, 9.17) is 39.5 Å². The Balaban J connectivity index is 1.96. The lowest BCUT2D eigenvalue weighted by molar-refractivity contribution is -0.124. The predicted octanol–water partition coefficient (Wildman–Crippen LogP) is 4.08. The second-order valence-corrected chi connectivity index (χ2v) is 9.08. The highest BCUT2D eigenvalue weighted by atomic mass is 35.6. The van der Waals surface area contributed by atoms with Gasteiger partial charge in [-0.25, -0.2) is 5.43 Å². The number of hydrogen-bond acceptors (Lipinski definition) is 5. The summed E-state index contributed by atoms with van der Waals surface area (Å²) in [4.78, 5) is 27.8. The highest BCUT2D eigenvalue weighted by molar-refractivity contribution is 6.68. The number of nitrogens with zero attached hydrogens (tertiary/aromatic N) is 2. The number of nitrogens with one attached hydrogen (secondary N) is 2. The van der Waals surface area contributed by atoms with Crippen LogP contribution in [0.1, 0.15) is 36.2 Å². The zero-order chi connectivity index (χ0) is 22.1. The number of hydrogen-bond donors (Lipinski definition) is 2. The van der Waals surface area contributed by atoms with Crippen LogP contribution < -0.4 is 15.5 Å². The lowest BCUT2D eigenvalue weighted by Gasteiger charge is -2.26. The number of aromatic nitrogens is 1. The second kappa shape index (κ2) is 11.2. The molecule has 0 saturated carbocycles. The van der Waals surface area contributed by atoms with E-state index >= 15 is 0 Å². The molecule has 1 heterocycles. The average molecular weight is 472 g/mol. The Labute approximate surface area is 189 Å². The fourth-order valence-electron chi connectivity index (χ4n) is 2.26. The molecule has 2 rings (SSSR count). The van der Waals surface area contributed by atoms with Gasteiger partial charge in [0.05, 0.1) is 6.21 Å². The summed E-state index contributed by atoms with van der Waals surface area (Å²) in [6.07, 6.45) is 3.63. The Morgan fingerprint density at radius 2 is 1.77 bits per heavy atom. The van der Waals surface area contributed by atoms with Crippen molar-refractivity contribution >= 4 is 52.8 Å². The first-order valence-corrected chi connectivity index (χ1v) is 10.1. The number of carbonyl (C=O) groups excluding carboxylic acids is 2. The molecule has 1 atom stereocenters. The Morgan fingerprint density at radius 1 is 1.13 bits per heavy atom. The molecule has 0 unspecified atom stereocenters. The monoisotopic (exact) mass is 470 g/mol. The lowest BCUT2D eigenvalue weighted by atomic mass is 10.1. The molecule has 0 radical (unpaired) electrons. The quantitative estimate of drug-likeness (QED) is 0.262. The van der Waals surface area contributed by atoms with Gasteiger partial charge in [0.25, 0.3) is 5.91 Å². The molecule has 1 aromatic heterocycles. The number of amides is 2. The molecule has 1 aromatic carbocycles. The van der Waals surface area contributed by atoms with E-state index in [0.29, 0.717) is 16.9 Å². The first kappa shape index (κ1) is 23.9. The standard InChI is InChI=1S/C20H21Cl3N4O3/c1-13(2)11-17(28)26-19(20(21,22)23)30-16-5-3-14(4-6-16)12-25-27-18(29)15-7-9-24-10-8-15/h3-10,12-13,19H,11H2,1-2H3,(H,26,28)(H,27,29)/b25-12-/t19-/m1/s1. The third kappa shape index (κ3) is 8.18. The van der Waals surface area contributed by atoms with E-state index < -0.39 is 10.0 Å². The van der Waals surface area contributed by atoms with Gasteiger partial charge in [0, 0.05) is 24.4 Å². The van der Waals surface area contributed by atoms with Gasteiger partial charge >= 0.3 is 0 Å². The maximum Gasteiger partial charge on any atom is 0.271 e. The number of pyridine rings is 1. The molecule has 0 bridgehead atoms. The van der Waals surface area contributed by atoms with Gasteiger partial charge in [-0.2, -0.15) is 5.10 Å². The molecular formula is C20H21Cl3N4O3. The van der Waals surface area contributed by atoms with E-state index in [-0.39, 0.29) is 24.2 Å². The van der Waals surface area contributed by atoms with Gasteiger partial charge in [-0.15, -0.1) is 0 Å². The Bertz CT molecular complexity index is 869. The van der Waals surface area contributed by atoms with Crippen molar-refractivity contribution in [2.24, 2.45) is 11.0 Å². The maximum atomic E-state index is 12.0. The largest absolute Gasteiger partial charge is 0.466 e. The lowest BCUT2D eigenvalue weighted by Crippen LogP contribution is -2.48. The van der Waals surface area contributed by atoms with Gasteiger partial charge in [-0.05, 0) is 47.9 Å². The molecule has 2 aromatic rings. The summed E-state index contributed by atoms with van der Waals surface area (Å²) in [5.74, 6) is -0.0981. The van der Waals surface area contributed by atoms with E-state index in [1.807, 2.05) is 13.8 Å². The van der Waals surface area contributed by atoms with Crippen LogP contribution in [0.5, 0.6) is 5.75 Å². The number of ether oxygens (including phenoxy) is 1. The van der Waals surface area contributed by atoms with Crippen molar-refractivity contribution < 1.29 is 14.3 Å². The van der Waals surface area contributed by atoms with Crippen LogP contribution in [-0.2, 0) is 4.79 Å². The molecular weight excluding hydrogens is 451 g/mol. The highest BCUT2D eigenvalue weighted by Crippen LogP contribution is 2.32. The predicted molar refractivity (Wildman–Crippen MR) is 118 cm³/mol. The fourth-order valence-corrected chi connectivity index (χ4v) is 2.55. The van der Waals surface area contributed by atoms with Crippen molar-refractivity contribution in [2.75, 3.05) is 0 Å². The first-order chi connectivity index (χ1) is 14.1. The number of carbonyl (C=O) groups is 2. The van der Waals surface area contributed by atoms with E-state index in [1.54, 1.807) is 36.4 Å². The van der Waals surface area contributed by atoms with Crippen LogP contribution in [0.4, 0.5) is 0 Å². The molecule has 30 heavy (non-hydrogen) atoms. The van der Waals surface area contributed by atoms with Crippen molar-refractivity contribution in [3.8, 4) is 5.75 Å². The van der Waals surface area contributed by atoms with Gasteiger partial charge < -0.3 is 10.1 Å². The van der Waals surface area contributed by atoms with E-state index in [0.717, 1.165) is 0 Å². The van der Waals surface area contributed by atoms with Gasteiger partial charge in [0.1, 0.15) is 5.75 Å². The number of benzene rings is 1. The summed E-state index contributed by atoms with van der Waals surface area (Å²) in [7, 11) is 0. The van der Waals surface area contributed by atoms with Crippen LogP contribution in [0.15, 0.2) is 53.9 Å². The van der Waals surface area contributed by atoms with Crippen molar-refractivity contribution in [1.82, 2.24) is 15.7 Å². The fraction of sp³-hybridized carbons (Fsp3) is 0.300. The zero-order valence-electron chi connectivity index (χ0n) is 16.3. The Hall–Kier alpha value is -2.35. The molecule has 0 saturated heterocycles. The minimum atomic E-state index is -1.86. The molecule has 160 valence electrons. The van der Waals surface area contributed by atoms with E-state index in [2.05, 4.69) is 20.8 Å². The Morgan fingerprint density at radius 3 is 2.33 bits per heavy atom. The summed E-state index contributed by atoms with van der Waals surface area (Å²) in [5, 5.41) is 6.49. The minimum Gasteiger partial charge on any atom is -0.466 e. The summed E-state index contributed by atoms with van der Waals surface area (Å²) < 4.78 is 3.78. The van der Waals surface area contributed by atoms with Crippen LogP contribution in [-0.4, -0.2) is 33.0 Å². The number of alkyl halides is 3. The average Bonchev–Trinajstić information content (AvgIpc) is 2.68. The van der Waals surface area contributed by atoms with Crippen molar-refractivity contribution in [3.63, 3.8) is 0 Å². The maximum absolute atomic E-state index is 12.0. The zero-order valence-corrected chi connectivity index (χ0v) is 18.6. The molecule has 0 spiro atoms. The molecule has 7 nitrogen and oxygen atoms in total. The van der Waals surface area contributed by atoms with Crippen LogP contribution in [0.25, 0.3) is 0 Å². The molecule has 0 aliphatic carbocycles. The third-order valence-corrected chi connectivity index (χ3v) is 4.23. The van der Waals surface area contributed by atoms with Gasteiger partial charge in [-0.3, -0.25) is 14.6 Å². The van der Waals surface area contributed by atoms with E-state index in [9.17, 15) is 9.59 Å². The third-order valence-electron chi connectivity index (χ3n) is 3.64. The topological polar surface area (TPSA) is 92.7 Å². The highest BCUT2D eigenvalue weighted by Gasteiger charge is 2.36. The summed E-state index contributed by atoms with van der Waals surface area (Å²) in [6, 6.07) is 9.82. The van der Waals surface area contributed by atoms with Crippen LogP contribution in [0.2, 0.25) is 0 Å². The Kier molecular flexibility index (Phi) is 8.89. The van der Waals surface area contributed by atoms with E-state index in [1.165, 1.54) is 18.6 Å². The van der Waals surface area contributed by atoms with Gasteiger partial charge in [-0.1, -0.05) is 48.7 Å². The summed E-state index contributed by atoms with van der Waals surface area (Å²) >= 11 is 17.8. The molecule has 0 aliphatic heterocycles. The number of rotatable bonds is 8. The van der Waals surface area contributed by atoms with Crippen LogP contribution in [0.3, 0.4) is 0 Å². The van der Waals surface area contributed by atoms with Crippen molar-refractivity contribution in [2.45, 2.75) is 30.3 Å². The second-order valence-electron chi connectivity index (χ2n) is 6.71. The van der Waals surface area contributed by atoms with Crippen LogP contribution in [0, 0.1) is 5.92 Å². The SMILES string of the molecule is CC(C)CC(=O)N[C@H](Oc1ccc(/C=N\NC(=O)c2ccncc2)cc1)C(Cl)(Cl)Cl. The normalized spacial score (nSPS) is 12.6. The van der Waals surface area contributed by atoms with Crippen LogP contribution >= 0.6 is 34.8 Å². The number of halogens is 3. The van der Waals surface area contributed by atoms with Gasteiger partial charge in [0.15, 0.2) is 0 Å². The molecule has 0 fully saturated rings.